The van der Waals surface area contributed by atoms with Crippen LogP contribution in [0.2, 0.25) is 0 Å². The van der Waals surface area contributed by atoms with Crippen LogP contribution in [0.5, 0.6) is 0 Å². The predicted molar refractivity (Wildman–Crippen MR) is 129 cm³/mol. The number of aliphatic hydroxyl groups excluding tert-OH is 1. The number of aliphatic hydroxyl groups is 1. The summed E-state index contributed by atoms with van der Waals surface area (Å²) < 4.78 is 6.62. The Morgan fingerprint density at radius 1 is 1.09 bits per heavy atom. The quantitative estimate of drug-likeness (QED) is 0.565. The Morgan fingerprint density at radius 2 is 1.74 bits per heavy atom. The number of nitrogens with one attached hydrogen (secondary N) is 2. The van der Waals surface area contributed by atoms with Crippen molar-refractivity contribution in [3.05, 3.63) is 66.2 Å². The first-order valence-electron chi connectivity index (χ1n) is 12.1. The number of likely N-dealkylation sites (tertiary alicyclic amines) is 1. The molecule has 5 rings (SSSR count). The van der Waals surface area contributed by atoms with Crippen molar-refractivity contribution in [2.75, 3.05) is 18.5 Å². The Hall–Kier alpha value is -3.23. The number of β-amino-alcohol motifs (C(OH)–C–C–N with tert-alkyl or cyclic N) is 1. The van der Waals surface area contributed by atoms with Gasteiger partial charge in [0.1, 0.15) is 11.6 Å². The second-order valence-corrected chi connectivity index (χ2v) is 10.0. The SMILES string of the molecule is CC1CC23O[C@]1(C)[C@@H](C(=O)Nc1ccccc1)[C@H]2C(=O)N(CCO)C3C(=O)NCc1ccccc1. The van der Waals surface area contributed by atoms with E-state index in [-0.39, 0.29) is 36.8 Å². The van der Waals surface area contributed by atoms with Crippen molar-refractivity contribution in [2.45, 2.75) is 44.1 Å². The summed E-state index contributed by atoms with van der Waals surface area (Å²) in [6.07, 6.45) is 0.486. The molecule has 3 unspecified atom stereocenters. The number of para-hydroxylation sites is 1. The van der Waals surface area contributed by atoms with Gasteiger partial charge in [-0.25, -0.2) is 0 Å². The molecule has 0 aromatic heterocycles. The number of hydrogen-bond acceptors (Lipinski definition) is 5. The van der Waals surface area contributed by atoms with Crippen LogP contribution in [0.15, 0.2) is 60.7 Å². The number of nitrogens with zero attached hydrogens (tertiary/aromatic N) is 1. The van der Waals surface area contributed by atoms with Crippen molar-refractivity contribution >= 4 is 23.4 Å². The number of carbonyl (C=O) groups excluding carboxylic acids is 3. The van der Waals surface area contributed by atoms with E-state index in [4.69, 9.17) is 4.74 Å². The number of ether oxygens (including phenoxy) is 1. The van der Waals surface area contributed by atoms with E-state index in [0.29, 0.717) is 18.7 Å². The summed E-state index contributed by atoms with van der Waals surface area (Å²) in [5, 5.41) is 15.6. The fourth-order valence-corrected chi connectivity index (χ4v) is 6.41. The minimum absolute atomic E-state index is 0.00197. The van der Waals surface area contributed by atoms with E-state index in [9.17, 15) is 19.5 Å². The van der Waals surface area contributed by atoms with Gasteiger partial charge >= 0.3 is 0 Å². The van der Waals surface area contributed by atoms with E-state index < -0.39 is 29.1 Å². The first kappa shape index (κ1) is 23.5. The molecule has 6 atom stereocenters. The van der Waals surface area contributed by atoms with Crippen LogP contribution >= 0.6 is 0 Å². The van der Waals surface area contributed by atoms with Crippen molar-refractivity contribution in [2.24, 2.45) is 17.8 Å². The molecule has 2 bridgehead atoms. The zero-order valence-electron chi connectivity index (χ0n) is 19.9. The maximum absolute atomic E-state index is 13.7. The van der Waals surface area contributed by atoms with Crippen LogP contribution in [-0.4, -0.2) is 58.1 Å². The third-order valence-electron chi connectivity index (χ3n) is 8.04. The third-order valence-corrected chi connectivity index (χ3v) is 8.04. The maximum Gasteiger partial charge on any atom is 0.246 e. The van der Waals surface area contributed by atoms with E-state index in [1.807, 2.05) is 62.4 Å². The molecule has 0 radical (unpaired) electrons. The van der Waals surface area contributed by atoms with Gasteiger partial charge in [0.2, 0.25) is 17.7 Å². The van der Waals surface area contributed by atoms with Gasteiger partial charge < -0.3 is 25.4 Å². The van der Waals surface area contributed by atoms with Crippen LogP contribution in [0.25, 0.3) is 0 Å². The summed E-state index contributed by atoms with van der Waals surface area (Å²) in [6, 6.07) is 17.7. The van der Waals surface area contributed by atoms with Crippen LogP contribution < -0.4 is 10.6 Å². The molecular formula is C27H31N3O5. The van der Waals surface area contributed by atoms with E-state index >= 15 is 0 Å². The van der Waals surface area contributed by atoms with Gasteiger partial charge in [-0.1, -0.05) is 55.5 Å². The zero-order valence-corrected chi connectivity index (χ0v) is 19.9. The Bertz CT molecular complexity index is 1130. The highest BCUT2D eigenvalue weighted by Crippen LogP contribution is 2.65. The molecule has 2 aromatic rings. The lowest BCUT2D eigenvalue weighted by atomic mass is 9.62. The van der Waals surface area contributed by atoms with Crippen molar-refractivity contribution in [3.8, 4) is 0 Å². The molecule has 35 heavy (non-hydrogen) atoms. The fourth-order valence-electron chi connectivity index (χ4n) is 6.41. The summed E-state index contributed by atoms with van der Waals surface area (Å²) in [5.41, 5.74) is -0.437. The molecule has 0 aliphatic carbocycles. The van der Waals surface area contributed by atoms with Gasteiger partial charge in [-0.15, -0.1) is 0 Å². The second-order valence-electron chi connectivity index (χ2n) is 10.0. The average molecular weight is 478 g/mol. The Labute approximate surface area is 204 Å². The van der Waals surface area contributed by atoms with E-state index in [2.05, 4.69) is 10.6 Å². The van der Waals surface area contributed by atoms with Crippen molar-refractivity contribution in [1.29, 1.82) is 0 Å². The first-order valence-corrected chi connectivity index (χ1v) is 12.1. The van der Waals surface area contributed by atoms with Gasteiger partial charge in [0, 0.05) is 18.8 Å². The van der Waals surface area contributed by atoms with Crippen LogP contribution in [0.3, 0.4) is 0 Å². The molecule has 3 fully saturated rings. The van der Waals surface area contributed by atoms with E-state index in [1.54, 1.807) is 12.1 Å². The highest BCUT2D eigenvalue weighted by Gasteiger charge is 2.79. The maximum atomic E-state index is 13.7. The van der Waals surface area contributed by atoms with Crippen LogP contribution in [0.1, 0.15) is 25.8 Å². The highest BCUT2D eigenvalue weighted by atomic mass is 16.5. The largest absolute Gasteiger partial charge is 0.395 e. The molecule has 3 heterocycles. The molecule has 3 N–H and O–H groups in total. The molecule has 184 valence electrons. The number of fused-ring (bicyclic) bond motifs is 1. The molecule has 8 nitrogen and oxygen atoms in total. The predicted octanol–water partition coefficient (Wildman–Crippen LogP) is 1.94. The monoisotopic (exact) mass is 477 g/mol. The Morgan fingerprint density at radius 3 is 2.40 bits per heavy atom. The smallest absolute Gasteiger partial charge is 0.246 e. The summed E-state index contributed by atoms with van der Waals surface area (Å²) in [4.78, 5) is 42.3. The summed E-state index contributed by atoms with van der Waals surface area (Å²) in [7, 11) is 0. The summed E-state index contributed by atoms with van der Waals surface area (Å²) in [5.74, 6) is -2.55. The Balaban J connectivity index is 1.48. The number of benzene rings is 2. The molecule has 3 amide bonds. The summed E-state index contributed by atoms with van der Waals surface area (Å²) in [6.45, 7) is 3.91. The molecule has 0 saturated carbocycles. The van der Waals surface area contributed by atoms with Crippen molar-refractivity contribution < 1.29 is 24.2 Å². The van der Waals surface area contributed by atoms with Crippen LogP contribution in [0, 0.1) is 17.8 Å². The Kier molecular flexibility index (Phi) is 5.89. The average Bonchev–Trinajstić information content (AvgIpc) is 3.36. The molecule has 3 saturated heterocycles. The topological polar surface area (TPSA) is 108 Å². The lowest BCUT2D eigenvalue weighted by Gasteiger charge is -2.36. The zero-order chi connectivity index (χ0) is 24.8. The second kappa shape index (κ2) is 8.77. The van der Waals surface area contributed by atoms with Crippen molar-refractivity contribution in [1.82, 2.24) is 10.2 Å². The van der Waals surface area contributed by atoms with Gasteiger partial charge in [-0.2, -0.15) is 0 Å². The minimum Gasteiger partial charge on any atom is -0.395 e. The van der Waals surface area contributed by atoms with E-state index in [1.165, 1.54) is 4.90 Å². The lowest BCUT2D eigenvalue weighted by molar-refractivity contribution is -0.146. The minimum atomic E-state index is -1.13. The number of rotatable bonds is 7. The van der Waals surface area contributed by atoms with Gasteiger partial charge in [0.15, 0.2) is 0 Å². The number of hydrogen-bond donors (Lipinski definition) is 3. The normalized spacial score (nSPS) is 33.0. The third kappa shape index (κ3) is 3.63. The molecule has 3 aliphatic heterocycles. The fraction of sp³-hybridized carbons (Fsp3) is 0.444. The van der Waals surface area contributed by atoms with Gasteiger partial charge in [0.05, 0.1) is 24.0 Å². The standard InChI is InChI=1S/C27H31N3O5/c1-17-15-27-21(20(26(17,2)35-27)23(32)29-19-11-7-4-8-12-19)25(34)30(13-14-31)22(27)24(33)28-16-18-9-5-3-6-10-18/h3-12,17,20-22,31H,13-16H2,1-2H3,(H,28,33)(H,29,32)/t17?,20-,21+,22?,26+,27?/m1/s1. The van der Waals surface area contributed by atoms with Gasteiger partial charge in [-0.3, -0.25) is 14.4 Å². The van der Waals surface area contributed by atoms with Gasteiger partial charge in [0.25, 0.3) is 0 Å². The number of anilines is 1. The first-order chi connectivity index (χ1) is 16.8. The van der Waals surface area contributed by atoms with Crippen LogP contribution in [-0.2, 0) is 25.7 Å². The molecule has 2 aromatic carbocycles. The number of carbonyl (C=O) groups is 3. The summed E-state index contributed by atoms with van der Waals surface area (Å²) >= 11 is 0. The molecule has 1 spiro atoms. The van der Waals surface area contributed by atoms with Crippen LogP contribution in [0.4, 0.5) is 5.69 Å². The molecule has 3 aliphatic rings. The van der Waals surface area contributed by atoms with Gasteiger partial charge in [-0.05, 0) is 37.0 Å². The molecular weight excluding hydrogens is 446 g/mol. The van der Waals surface area contributed by atoms with E-state index in [0.717, 1.165) is 5.56 Å². The molecule has 8 heteroatoms. The highest BCUT2D eigenvalue weighted by molar-refractivity contribution is 6.02. The van der Waals surface area contributed by atoms with Crippen molar-refractivity contribution in [3.63, 3.8) is 0 Å². The lowest BCUT2D eigenvalue weighted by Crippen LogP contribution is -2.55. The number of amides is 3.